The molecule has 3 rings (SSSR count). The van der Waals surface area contributed by atoms with Crippen molar-refractivity contribution >= 4 is 11.3 Å². The van der Waals surface area contributed by atoms with Crippen LogP contribution in [0.15, 0.2) is 60.0 Å². The van der Waals surface area contributed by atoms with Crippen LogP contribution in [0.5, 0.6) is 0 Å². The van der Waals surface area contributed by atoms with E-state index in [1.165, 1.54) is 16.1 Å². The number of rotatable bonds is 7. The topological polar surface area (TPSA) is 33.1 Å². The molecule has 1 atom stereocenters. The molecule has 1 aromatic heterocycles. The summed E-state index contributed by atoms with van der Waals surface area (Å²) in [7, 11) is 0. The van der Waals surface area contributed by atoms with E-state index in [9.17, 15) is 5.11 Å². The maximum absolute atomic E-state index is 9.21. The van der Waals surface area contributed by atoms with E-state index in [2.05, 4.69) is 48.7 Å². The fourth-order valence-corrected chi connectivity index (χ4v) is 3.87. The maximum Gasteiger partial charge on any atom is 0.0938 e. The van der Waals surface area contributed by atoms with Gasteiger partial charge in [0, 0.05) is 17.4 Å². The minimum absolute atomic E-state index is 0.103. The van der Waals surface area contributed by atoms with E-state index in [-0.39, 0.29) is 6.61 Å². The fraction of sp³-hybridized carbons (Fsp3) is 0.348. The van der Waals surface area contributed by atoms with Gasteiger partial charge in [0.25, 0.3) is 0 Å². The highest BCUT2D eigenvalue weighted by Crippen LogP contribution is 2.29. The third-order valence-corrected chi connectivity index (χ3v) is 5.18. The minimum Gasteiger partial charge on any atom is -0.392 e. The molecule has 0 spiro atoms. The van der Waals surface area contributed by atoms with Gasteiger partial charge in [-0.1, -0.05) is 81.8 Å². The van der Waals surface area contributed by atoms with E-state index in [4.69, 9.17) is 4.98 Å². The van der Waals surface area contributed by atoms with Crippen molar-refractivity contribution in [3.63, 3.8) is 0 Å². The third-order valence-electron chi connectivity index (χ3n) is 4.31. The Kier molecular flexibility index (Phi) is 8.52. The molecule has 1 unspecified atom stereocenters. The van der Waals surface area contributed by atoms with Gasteiger partial charge in [-0.3, -0.25) is 0 Å². The normalized spacial score (nSPS) is 11.5. The first-order valence-electron chi connectivity index (χ1n) is 9.49. The first-order valence-corrected chi connectivity index (χ1v) is 10.4. The second kappa shape index (κ2) is 10.9. The van der Waals surface area contributed by atoms with Gasteiger partial charge in [-0.2, -0.15) is 0 Å². The third kappa shape index (κ3) is 5.52. The summed E-state index contributed by atoms with van der Waals surface area (Å²) in [5, 5.41) is 12.6. The van der Waals surface area contributed by atoms with E-state index in [1.807, 2.05) is 32.0 Å². The molecule has 2 aromatic carbocycles. The molecule has 1 heterocycles. The Morgan fingerprint density at radius 3 is 2.31 bits per heavy atom. The van der Waals surface area contributed by atoms with Gasteiger partial charge in [-0.15, -0.1) is 11.3 Å². The zero-order chi connectivity index (χ0) is 18.8. The highest BCUT2D eigenvalue weighted by molar-refractivity contribution is 7.09. The molecule has 0 aliphatic carbocycles. The van der Waals surface area contributed by atoms with Crippen LogP contribution in [0.1, 0.15) is 55.7 Å². The molecule has 1 N–H and O–H groups in total. The Balaban J connectivity index is 0.00000117. The SMILES string of the molecule is CC.CCCC(Cc1nc(-c2ccccc2)cs1)c1ccc(CO)cc1. The summed E-state index contributed by atoms with van der Waals surface area (Å²) in [6.45, 7) is 6.33. The highest BCUT2D eigenvalue weighted by Gasteiger charge is 2.14. The summed E-state index contributed by atoms with van der Waals surface area (Å²) in [5.74, 6) is 0.484. The first kappa shape index (κ1) is 20.3. The molecule has 0 bridgehead atoms. The molecule has 0 fully saturated rings. The summed E-state index contributed by atoms with van der Waals surface area (Å²) >= 11 is 1.75. The van der Waals surface area contributed by atoms with Gasteiger partial charge in [0.1, 0.15) is 0 Å². The van der Waals surface area contributed by atoms with Gasteiger partial charge in [-0.25, -0.2) is 4.98 Å². The molecule has 3 heteroatoms. The smallest absolute Gasteiger partial charge is 0.0938 e. The number of hydrogen-bond acceptors (Lipinski definition) is 3. The van der Waals surface area contributed by atoms with Gasteiger partial charge >= 0.3 is 0 Å². The van der Waals surface area contributed by atoms with E-state index < -0.39 is 0 Å². The molecule has 3 aromatic rings. The van der Waals surface area contributed by atoms with Crippen molar-refractivity contribution in [2.75, 3.05) is 0 Å². The Hall–Kier alpha value is -1.97. The van der Waals surface area contributed by atoms with Gasteiger partial charge in [0.15, 0.2) is 0 Å². The summed E-state index contributed by atoms with van der Waals surface area (Å²) in [6, 6.07) is 18.7. The van der Waals surface area contributed by atoms with E-state index in [0.717, 1.165) is 30.5 Å². The van der Waals surface area contributed by atoms with Crippen molar-refractivity contribution in [2.45, 2.75) is 52.6 Å². The molecule has 0 aliphatic rings. The highest BCUT2D eigenvalue weighted by atomic mass is 32.1. The minimum atomic E-state index is 0.103. The lowest BCUT2D eigenvalue weighted by atomic mass is 9.91. The summed E-state index contributed by atoms with van der Waals surface area (Å²) in [5.41, 5.74) is 4.56. The van der Waals surface area contributed by atoms with Crippen LogP contribution in [0.2, 0.25) is 0 Å². The van der Waals surface area contributed by atoms with Crippen LogP contribution >= 0.6 is 11.3 Å². The van der Waals surface area contributed by atoms with Crippen molar-refractivity contribution in [2.24, 2.45) is 0 Å². The lowest BCUT2D eigenvalue weighted by molar-refractivity contribution is 0.282. The van der Waals surface area contributed by atoms with Crippen LogP contribution < -0.4 is 0 Å². The van der Waals surface area contributed by atoms with Gasteiger partial charge < -0.3 is 5.11 Å². The summed E-state index contributed by atoms with van der Waals surface area (Å²) < 4.78 is 0. The molecular formula is C23H29NOS. The fourth-order valence-electron chi connectivity index (χ4n) is 2.99. The quantitative estimate of drug-likeness (QED) is 0.520. The van der Waals surface area contributed by atoms with Crippen molar-refractivity contribution in [3.8, 4) is 11.3 Å². The number of nitrogens with zero attached hydrogens (tertiary/aromatic N) is 1. The van der Waals surface area contributed by atoms with Gasteiger partial charge in [0.2, 0.25) is 0 Å². The molecule has 0 saturated heterocycles. The van der Waals surface area contributed by atoms with Crippen LogP contribution in [0.3, 0.4) is 0 Å². The standard InChI is InChI=1S/C21H23NOS.C2H6/c1-2-6-19(17-11-9-16(14-23)10-12-17)13-21-22-20(15-24-21)18-7-4-3-5-8-18;1-2/h3-5,7-12,15,19,23H,2,6,13-14H2,1H3;1-2H3. The average Bonchev–Trinajstić information content (AvgIpc) is 3.19. The van der Waals surface area contributed by atoms with Gasteiger partial charge in [0.05, 0.1) is 17.3 Å². The molecule has 26 heavy (non-hydrogen) atoms. The maximum atomic E-state index is 9.21. The van der Waals surface area contributed by atoms with Crippen molar-refractivity contribution in [1.29, 1.82) is 0 Å². The molecule has 138 valence electrons. The summed E-state index contributed by atoms with van der Waals surface area (Å²) in [6.07, 6.45) is 3.28. The first-order chi connectivity index (χ1) is 12.8. The molecule has 0 saturated carbocycles. The number of aliphatic hydroxyl groups excluding tert-OH is 1. The van der Waals surface area contributed by atoms with Crippen LogP contribution in [0, 0.1) is 0 Å². The second-order valence-electron chi connectivity index (χ2n) is 6.08. The van der Waals surface area contributed by atoms with Gasteiger partial charge in [-0.05, 0) is 23.5 Å². The molecule has 2 nitrogen and oxygen atoms in total. The van der Waals surface area contributed by atoms with E-state index >= 15 is 0 Å². The van der Waals surface area contributed by atoms with Crippen LogP contribution in [0.25, 0.3) is 11.3 Å². The largest absolute Gasteiger partial charge is 0.392 e. The number of benzene rings is 2. The van der Waals surface area contributed by atoms with Crippen molar-refractivity contribution in [3.05, 3.63) is 76.1 Å². The number of aromatic nitrogens is 1. The van der Waals surface area contributed by atoms with Crippen molar-refractivity contribution in [1.82, 2.24) is 4.98 Å². The monoisotopic (exact) mass is 367 g/mol. The number of thiazole rings is 1. The van der Waals surface area contributed by atoms with E-state index in [1.54, 1.807) is 11.3 Å². The second-order valence-corrected chi connectivity index (χ2v) is 7.02. The molecule has 0 aliphatic heterocycles. The zero-order valence-electron chi connectivity index (χ0n) is 16.0. The molecular weight excluding hydrogens is 338 g/mol. The zero-order valence-corrected chi connectivity index (χ0v) is 16.8. The lowest BCUT2D eigenvalue weighted by Gasteiger charge is -2.15. The summed E-state index contributed by atoms with van der Waals surface area (Å²) in [4.78, 5) is 4.84. The Morgan fingerprint density at radius 2 is 1.69 bits per heavy atom. The lowest BCUT2D eigenvalue weighted by Crippen LogP contribution is -2.03. The van der Waals surface area contributed by atoms with Crippen LogP contribution in [0.4, 0.5) is 0 Å². The van der Waals surface area contributed by atoms with E-state index in [0.29, 0.717) is 5.92 Å². The Bertz CT molecular complexity index is 749. The Labute approximate surface area is 161 Å². The Morgan fingerprint density at radius 1 is 1.00 bits per heavy atom. The molecule has 0 amide bonds. The average molecular weight is 368 g/mol. The molecule has 0 radical (unpaired) electrons. The predicted octanol–water partition coefficient (Wildman–Crippen LogP) is 6.46. The predicted molar refractivity (Wildman–Crippen MR) is 113 cm³/mol. The van der Waals surface area contributed by atoms with Crippen LogP contribution in [-0.4, -0.2) is 10.1 Å². The number of aliphatic hydroxyl groups is 1. The number of hydrogen-bond donors (Lipinski definition) is 1. The van der Waals surface area contributed by atoms with Crippen LogP contribution in [-0.2, 0) is 13.0 Å². The van der Waals surface area contributed by atoms with Crippen molar-refractivity contribution < 1.29 is 5.11 Å².